The third kappa shape index (κ3) is 2.56. The average Bonchev–Trinajstić information content (AvgIpc) is 2.13. The van der Waals surface area contributed by atoms with Crippen LogP contribution in [-0.4, -0.2) is 6.54 Å². The molecule has 0 saturated heterocycles. The van der Waals surface area contributed by atoms with Gasteiger partial charge < -0.3 is 11.1 Å². The van der Waals surface area contributed by atoms with Crippen molar-refractivity contribution in [3.8, 4) is 0 Å². The Hall–Kier alpha value is -1.18. The minimum absolute atomic E-state index is 0.368. The molecule has 0 bridgehead atoms. The van der Waals surface area contributed by atoms with Crippen LogP contribution in [0.3, 0.4) is 0 Å². The summed E-state index contributed by atoms with van der Waals surface area (Å²) in [6, 6.07) is 6.08. The molecule has 0 heterocycles. The second kappa shape index (κ2) is 4.59. The molecule has 0 radical (unpaired) electrons. The van der Waals surface area contributed by atoms with E-state index >= 15 is 0 Å². The van der Waals surface area contributed by atoms with Crippen LogP contribution in [0.15, 0.2) is 18.2 Å². The topological polar surface area (TPSA) is 38.0 Å². The summed E-state index contributed by atoms with van der Waals surface area (Å²) in [5, 5.41) is 3.55. The van der Waals surface area contributed by atoms with Crippen molar-refractivity contribution < 1.29 is 0 Å². The van der Waals surface area contributed by atoms with Crippen LogP contribution in [0.5, 0.6) is 0 Å². The molecule has 94 valence electrons. The Bertz CT molecular complexity index is 372. The van der Waals surface area contributed by atoms with Crippen molar-refractivity contribution in [1.29, 1.82) is 0 Å². The number of aryl methyl sites for hydroxylation is 1. The van der Waals surface area contributed by atoms with Crippen molar-refractivity contribution in [3.63, 3.8) is 0 Å². The number of nitrogens with two attached hydrogens (primary N) is 1. The van der Waals surface area contributed by atoms with Crippen molar-refractivity contribution in [2.24, 2.45) is 11.3 Å². The van der Waals surface area contributed by atoms with Crippen LogP contribution in [0.4, 0.5) is 11.4 Å². The van der Waals surface area contributed by atoms with Gasteiger partial charge in [-0.3, -0.25) is 0 Å². The Balaban J connectivity index is 2.01. The van der Waals surface area contributed by atoms with Crippen molar-refractivity contribution in [1.82, 2.24) is 0 Å². The molecule has 2 heteroatoms. The standard InChI is InChI=1S/C15H24N2/c1-11-6-4-9-13(16)14(11)17-10-15(2,3)12-7-5-8-12/h4,6,9,12,17H,5,7-8,10,16H2,1-3H3. The van der Waals surface area contributed by atoms with E-state index in [-0.39, 0.29) is 0 Å². The van der Waals surface area contributed by atoms with Gasteiger partial charge in [-0.25, -0.2) is 0 Å². The van der Waals surface area contributed by atoms with Crippen LogP contribution in [-0.2, 0) is 0 Å². The molecule has 0 amide bonds. The summed E-state index contributed by atoms with van der Waals surface area (Å²) in [5.74, 6) is 0.875. The number of rotatable bonds is 4. The van der Waals surface area contributed by atoms with Crippen molar-refractivity contribution in [2.75, 3.05) is 17.6 Å². The molecule has 3 N–H and O–H groups in total. The molecule has 1 aliphatic carbocycles. The highest BCUT2D eigenvalue weighted by atomic mass is 14.9. The Kier molecular flexibility index (Phi) is 3.32. The predicted molar refractivity (Wildman–Crippen MR) is 75.2 cm³/mol. The van der Waals surface area contributed by atoms with E-state index in [1.807, 2.05) is 12.1 Å². The van der Waals surface area contributed by atoms with Gasteiger partial charge in [-0.15, -0.1) is 0 Å². The minimum atomic E-state index is 0.368. The first-order valence-corrected chi connectivity index (χ1v) is 6.59. The number of hydrogen-bond donors (Lipinski definition) is 2. The zero-order chi connectivity index (χ0) is 12.5. The predicted octanol–water partition coefficient (Wildman–Crippen LogP) is 3.82. The number of para-hydroxylation sites is 1. The van der Waals surface area contributed by atoms with Gasteiger partial charge in [0.1, 0.15) is 0 Å². The van der Waals surface area contributed by atoms with E-state index in [0.717, 1.165) is 23.8 Å². The van der Waals surface area contributed by atoms with E-state index in [0.29, 0.717) is 5.41 Å². The summed E-state index contributed by atoms with van der Waals surface area (Å²) in [6.07, 6.45) is 4.18. The largest absolute Gasteiger partial charge is 0.397 e. The maximum absolute atomic E-state index is 6.01. The quantitative estimate of drug-likeness (QED) is 0.775. The lowest BCUT2D eigenvalue weighted by Gasteiger charge is -2.41. The van der Waals surface area contributed by atoms with Gasteiger partial charge in [0.15, 0.2) is 0 Å². The summed E-state index contributed by atoms with van der Waals surface area (Å²) in [6.45, 7) is 7.83. The van der Waals surface area contributed by atoms with E-state index in [1.54, 1.807) is 0 Å². The molecule has 1 aromatic rings. The molecule has 0 aliphatic heterocycles. The zero-order valence-electron chi connectivity index (χ0n) is 11.2. The Morgan fingerprint density at radius 3 is 2.59 bits per heavy atom. The molecule has 1 aromatic carbocycles. The molecular weight excluding hydrogens is 208 g/mol. The molecule has 0 unspecified atom stereocenters. The van der Waals surface area contributed by atoms with Crippen molar-refractivity contribution in [3.05, 3.63) is 23.8 Å². The monoisotopic (exact) mass is 232 g/mol. The lowest BCUT2D eigenvalue weighted by Crippen LogP contribution is -2.35. The molecule has 1 aliphatic rings. The maximum Gasteiger partial charge on any atom is 0.0603 e. The van der Waals surface area contributed by atoms with Gasteiger partial charge in [0.25, 0.3) is 0 Å². The first kappa shape index (κ1) is 12.3. The van der Waals surface area contributed by atoms with Crippen molar-refractivity contribution >= 4 is 11.4 Å². The van der Waals surface area contributed by atoms with E-state index < -0.39 is 0 Å². The molecule has 17 heavy (non-hydrogen) atoms. The lowest BCUT2D eigenvalue weighted by atomic mass is 9.67. The smallest absolute Gasteiger partial charge is 0.0603 e. The molecule has 0 aromatic heterocycles. The Morgan fingerprint density at radius 1 is 1.35 bits per heavy atom. The van der Waals surface area contributed by atoms with E-state index in [4.69, 9.17) is 5.73 Å². The summed E-state index contributed by atoms with van der Waals surface area (Å²) < 4.78 is 0. The van der Waals surface area contributed by atoms with Gasteiger partial charge in [-0.1, -0.05) is 32.4 Å². The molecular formula is C15H24N2. The summed E-state index contributed by atoms with van der Waals surface area (Å²) in [4.78, 5) is 0. The van der Waals surface area contributed by atoms with Crippen LogP contribution < -0.4 is 11.1 Å². The molecule has 1 fully saturated rings. The van der Waals surface area contributed by atoms with Gasteiger partial charge in [-0.2, -0.15) is 0 Å². The normalized spacial score (nSPS) is 16.6. The van der Waals surface area contributed by atoms with Crippen LogP contribution in [0.2, 0.25) is 0 Å². The Morgan fingerprint density at radius 2 is 2.06 bits per heavy atom. The number of hydrogen-bond acceptors (Lipinski definition) is 2. The molecule has 2 rings (SSSR count). The average molecular weight is 232 g/mol. The second-order valence-corrected chi connectivity index (χ2v) is 6.01. The highest BCUT2D eigenvalue weighted by molar-refractivity contribution is 5.69. The van der Waals surface area contributed by atoms with Gasteiger partial charge in [-0.05, 0) is 42.7 Å². The van der Waals surface area contributed by atoms with E-state index in [9.17, 15) is 0 Å². The second-order valence-electron chi connectivity index (χ2n) is 6.01. The van der Waals surface area contributed by atoms with Crippen LogP contribution in [0.1, 0.15) is 38.7 Å². The van der Waals surface area contributed by atoms with Crippen molar-refractivity contribution in [2.45, 2.75) is 40.0 Å². The number of nitrogens with one attached hydrogen (secondary N) is 1. The van der Waals surface area contributed by atoms with Crippen LogP contribution in [0.25, 0.3) is 0 Å². The highest BCUT2D eigenvalue weighted by Gasteiger charge is 2.33. The third-order valence-corrected chi connectivity index (χ3v) is 4.24. The van der Waals surface area contributed by atoms with Crippen LogP contribution in [0, 0.1) is 18.3 Å². The molecule has 0 atom stereocenters. The first-order chi connectivity index (χ1) is 8.00. The summed E-state index contributed by atoms with van der Waals surface area (Å²) >= 11 is 0. The zero-order valence-corrected chi connectivity index (χ0v) is 11.2. The fraction of sp³-hybridized carbons (Fsp3) is 0.600. The van der Waals surface area contributed by atoms with Gasteiger partial charge in [0.05, 0.1) is 11.4 Å². The Labute approximate surface area is 105 Å². The third-order valence-electron chi connectivity index (χ3n) is 4.24. The SMILES string of the molecule is Cc1cccc(N)c1NCC(C)(C)C1CCC1. The fourth-order valence-corrected chi connectivity index (χ4v) is 2.58. The van der Waals surface area contributed by atoms with Gasteiger partial charge in [0, 0.05) is 6.54 Å². The van der Waals surface area contributed by atoms with Gasteiger partial charge in [0.2, 0.25) is 0 Å². The number of nitrogen functional groups attached to an aromatic ring is 1. The van der Waals surface area contributed by atoms with E-state index in [1.165, 1.54) is 24.8 Å². The van der Waals surface area contributed by atoms with Crippen LogP contribution >= 0.6 is 0 Å². The molecule has 1 saturated carbocycles. The first-order valence-electron chi connectivity index (χ1n) is 6.59. The lowest BCUT2D eigenvalue weighted by molar-refractivity contribution is 0.134. The van der Waals surface area contributed by atoms with Gasteiger partial charge >= 0.3 is 0 Å². The maximum atomic E-state index is 6.01. The minimum Gasteiger partial charge on any atom is -0.397 e. The number of benzene rings is 1. The number of anilines is 2. The summed E-state index contributed by atoms with van der Waals surface area (Å²) in [5.41, 5.74) is 9.58. The highest BCUT2D eigenvalue weighted by Crippen LogP contribution is 2.41. The molecule has 2 nitrogen and oxygen atoms in total. The summed E-state index contributed by atoms with van der Waals surface area (Å²) in [7, 11) is 0. The van der Waals surface area contributed by atoms with E-state index in [2.05, 4.69) is 32.2 Å². The molecule has 0 spiro atoms. The fourth-order valence-electron chi connectivity index (χ4n) is 2.58.